The Morgan fingerprint density at radius 2 is 2.40 bits per heavy atom. The average Bonchev–Trinajstić information content (AvgIpc) is 3.02. The van der Waals surface area contributed by atoms with Gasteiger partial charge in [-0.1, -0.05) is 0 Å². The Hall–Kier alpha value is -1.59. The Morgan fingerprint density at radius 1 is 1.55 bits per heavy atom. The predicted octanol–water partition coefficient (Wildman–Crippen LogP) is 2.24. The molecule has 1 aliphatic rings. The van der Waals surface area contributed by atoms with Gasteiger partial charge in [-0.2, -0.15) is 0 Å². The summed E-state index contributed by atoms with van der Waals surface area (Å²) < 4.78 is 7.75. The van der Waals surface area contributed by atoms with Crippen LogP contribution in [0.4, 0.5) is 5.69 Å². The molecule has 5 heteroatoms. The molecule has 0 spiro atoms. The fraction of sp³-hybridized carbons (Fsp3) is 0.533. The fourth-order valence-corrected chi connectivity index (χ4v) is 2.86. The molecular weight excluding hydrogens is 254 g/mol. The van der Waals surface area contributed by atoms with Crippen molar-refractivity contribution < 1.29 is 9.84 Å². The van der Waals surface area contributed by atoms with E-state index in [2.05, 4.69) is 9.55 Å². The first kappa shape index (κ1) is 13.4. The molecule has 0 saturated carbocycles. The summed E-state index contributed by atoms with van der Waals surface area (Å²) in [5, 5.41) is 9.92. The molecule has 1 aliphatic heterocycles. The van der Waals surface area contributed by atoms with Crippen molar-refractivity contribution in [1.82, 2.24) is 9.55 Å². The molecule has 0 amide bonds. The number of nitrogen functional groups attached to an aromatic ring is 1. The molecule has 2 aromatic rings. The number of rotatable bonds is 4. The first-order valence-corrected chi connectivity index (χ1v) is 7.20. The van der Waals surface area contributed by atoms with E-state index >= 15 is 0 Å². The second-order valence-electron chi connectivity index (χ2n) is 5.47. The molecule has 108 valence electrons. The summed E-state index contributed by atoms with van der Waals surface area (Å²) in [4.78, 5) is 4.51. The highest BCUT2D eigenvalue weighted by Crippen LogP contribution is 2.24. The lowest BCUT2D eigenvalue weighted by atomic mass is 10.2. The maximum Gasteiger partial charge on any atom is 0.138 e. The average molecular weight is 275 g/mol. The van der Waals surface area contributed by atoms with E-state index in [9.17, 15) is 5.11 Å². The number of hydrogen-bond acceptors (Lipinski definition) is 4. The summed E-state index contributed by atoms with van der Waals surface area (Å²) in [7, 11) is 0. The summed E-state index contributed by atoms with van der Waals surface area (Å²) >= 11 is 0. The van der Waals surface area contributed by atoms with Gasteiger partial charge in [0.15, 0.2) is 0 Å². The zero-order valence-electron chi connectivity index (χ0n) is 11.7. The van der Waals surface area contributed by atoms with E-state index in [-0.39, 0.29) is 0 Å². The van der Waals surface area contributed by atoms with E-state index in [1.54, 1.807) is 6.92 Å². The molecule has 1 fully saturated rings. The van der Waals surface area contributed by atoms with Crippen molar-refractivity contribution in [3.05, 3.63) is 24.0 Å². The number of aryl methyl sites for hydroxylation is 1. The van der Waals surface area contributed by atoms with Crippen molar-refractivity contribution in [2.45, 2.75) is 44.9 Å². The summed E-state index contributed by atoms with van der Waals surface area (Å²) in [6.45, 7) is 3.42. The number of imidazole rings is 1. The number of nitrogens with zero attached hydrogens (tertiary/aromatic N) is 2. The zero-order valence-corrected chi connectivity index (χ0v) is 11.7. The van der Waals surface area contributed by atoms with Crippen LogP contribution < -0.4 is 5.73 Å². The third-order valence-corrected chi connectivity index (χ3v) is 3.87. The molecule has 5 nitrogen and oxygen atoms in total. The maximum atomic E-state index is 9.92. The summed E-state index contributed by atoms with van der Waals surface area (Å²) in [5.74, 6) is 0.698. The minimum absolute atomic E-state index is 0.336. The lowest BCUT2D eigenvalue weighted by molar-refractivity contribution is 0.0993. The number of aliphatic hydroxyl groups excluding tert-OH is 1. The fourth-order valence-electron chi connectivity index (χ4n) is 2.86. The Morgan fingerprint density at radius 3 is 3.10 bits per heavy atom. The van der Waals surface area contributed by atoms with Crippen LogP contribution in [0, 0.1) is 0 Å². The van der Waals surface area contributed by atoms with Crippen LogP contribution in [-0.2, 0) is 11.3 Å². The van der Waals surface area contributed by atoms with Crippen molar-refractivity contribution >= 4 is 16.7 Å². The highest BCUT2D eigenvalue weighted by molar-refractivity contribution is 5.79. The molecule has 20 heavy (non-hydrogen) atoms. The molecule has 2 unspecified atom stereocenters. The van der Waals surface area contributed by atoms with Crippen LogP contribution in [0.2, 0.25) is 0 Å². The van der Waals surface area contributed by atoms with E-state index in [1.165, 1.54) is 0 Å². The van der Waals surface area contributed by atoms with Crippen molar-refractivity contribution in [2.75, 3.05) is 12.3 Å². The minimum atomic E-state index is -0.590. The van der Waals surface area contributed by atoms with E-state index in [0.29, 0.717) is 17.6 Å². The molecule has 2 heterocycles. The minimum Gasteiger partial charge on any atom is -0.399 e. The van der Waals surface area contributed by atoms with Gasteiger partial charge in [-0.15, -0.1) is 0 Å². The Bertz CT molecular complexity index is 600. The molecular formula is C15H21N3O2. The van der Waals surface area contributed by atoms with Crippen LogP contribution in [0.1, 0.15) is 38.1 Å². The molecule has 2 atom stereocenters. The number of aliphatic hydroxyl groups is 1. The lowest BCUT2D eigenvalue weighted by Gasteiger charge is -2.14. The largest absolute Gasteiger partial charge is 0.399 e. The molecule has 1 aromatic heterocycles. The Balaban J connectivity index is 1.91. The quantitative estimate of drug-likeness (QED) is 0.839. The standard InChI is InChI=1S/C15H21N3O2/c1-10(19)15-17-13-9-11(16)4-5-14(13)18(15)7-6-12-3-2-8-20-12/h4-5,9-10,12,19H,2-3,6-8,16H2,1H3. The normalized spacial score (nSPS) is 20.6. The predicted molar refractivity (Wildman–Crippen MR) is 78.4 cm³/mol. The van der Waals surface area contributed by atoms with Crippen molar-refractivity contribution in [1.29, 1.82) is 0 Å². The maximum absolute atomic E-state index is 9.92. The van der Waals surface area contributed by atoms with Crippen LogP contribution in [-0.4, -0.2) is 27.4 Å². The molecule has 1 saturated heterocycles. The number of benzene rings is 1. The highest BCUT2D eigenvalue weighted by atomic mass is 16.5. The van der Waals surface area contributed by atoms with Crippen molar-refractivity contribution in [3.63, 3.8) is 0 Å². The molecule has 3 rings (SSSR count). The van der Waals surface area contributed by atoms with Crippen molar-refractivity contribution in [3.8, 4) is 0 Å². The molecule has 0 aliphatic carbocycles. The monoisotopic (exact) mass is 275 g/mol. The van der Waals surface area contributed by atoms with Gasteiger partial charge in [0.2, 0.25) is 0 Å². The Labute approximate surface area is 118 Å². The molecule has 0 radical (unpaired) electrons. The molecule has 1 aromatic carbocycles. The van der Waals surface area contributed by atoms with Gasteiger partial charge in [0.25, 0.3) is 0 Å². The second kappa shape index (κ2) is 5.42. The summed E-state index contributed by atoms with van der Waals surface area (Å²) in [6, 6.07) is 5.70. The van der Waals surface area contributed by atoms with Crippen LogP contribution in [0.25, 0.3) is 11.0 Å². The van der Waals surface area contributed by atoms with Gasteiger partial charge >= 0.3 is 0 Å². The van der Waals surface area contributed by atoms with Crippen LogP contribution in [0.15, 0.2) is 18.2 Å². The lowest BCUT2D eigenvalue weighted by Crippen LogP contribution is -2.13. The topological polar surface area (TPSA) is 73.3 Å². The van der Waals surface area contributed by atoms with Gasteiger partial charge in [0.1, 0.15) is 11.9 Å². The number of ether oxygens (including phenoxy) is 1. The third-order valence-electron chi connectivity index (χ3n) is 3.87. The SMILES string of the molecule is CC(O)c1nc2cc(N)ccc2n1CCC1CCCO1. The van der Waals surface area contributed by atoms with Gasteiger partial charge in [-0.05, 0) is 44.4 Å². The second-order valence-corrected chi connectivity index (χ2v) is 5.47. The van der Waals surface area contributed by atoms with Gasteiger partial charge < -0.3 is 20.1 Å². The number of hydrogen-bond donors (Lipinski definition) is 2. The van der Waals surface area contributed by atoms with Crippen LogP contribution in [0.3, 0.4) is 0 Å². The number of nitrogens with two attached hydrogens (primary N) is 1. The van der Waals surface area contributed by atoms with Gasteiger partial charge in [-0.3, -0.25) is 0 Å². The van der Waals surface area contributed by atoms with Crippen molar-refractivity contribution in [2.24, 2.45) is 0 Å². The highest BCUT2D eigenvalue weighted by Gasteiger charge is 2.19. The molecule has 3 N–H and O–H groups in total. The number of fused-ring (bicyclic) bond motifs is 1. The van der Waals surface area contributed by atoms with Gasteiger partial charge in [-0.25, -0.2) is 4.98 Å². The Kier molecular flexibility index (Phi) is 3.63. The smallest absolute Gasteiger partial charge is 0.138 e. The van der Waals surface area contributed by atoms with E-state index in [1.807, 2.05) is 18.2 Å². The van der Waals surface area contributed by atoms with Gasteiger partial charge in [0, 0.05) is 18.8 Å². The van der Waals surface area contributed by atoms with Crippen LogP contribution >= 0.6 is 0 Å². The third kappa shape index (κ3) is 2.51. The molecule has 0 bridgehead atoms. The van der Waals surface area contributed by atoms with E-state index in [4.69, 9.17) is 10.5 Å². The zero-order chi connectivity index (χ0) is 14.1. The van der Waals surface area contributed by atoms with E-state index < -0.39 is 6.10 Å². The number of aromatic nitrogens is 2. The first-order valence-electron chi connectivity index (χ1n) is 7.20. The number of anilines is 1. The first-order chi connectivity index (χ1) is 9.65. The van der Waals surface area contributed by atoms with Gasteiger partial charge in [0.05, 0.1) is 17.1 Å². The van der Waals surface area contributed by atoms with E-state index in [0.717, 1.165) is 43.4 Å². The van der Waals surface area contributed by atoms with Crippen LogP contribution in [0.5, 0.6) is 0 Å². The summed E-state index contributed by atoms with van der Waals surface area (Å²) in [5.41, 5.74) is 8.36. The summed E-state index contributed by atoms with van der Waals surface area (Å²) in [6.07, 6.45) is 2.98.